The van der Waals surface area contributed by atoms with Crippen molar-refractivity contribution in [3.63, 3.8) is 0 Å². The Kier molecular flexibility index (Phi) is 6.03. The van der Waals surface area contributed by atoms with Crippen molar-refractivity contribution in [3.05, 3.63) is 33.8 Å². The lowest BCUT2D eigenvalue weighted by atomic mass is 9.97. The van der Waals surface area contributed by atoms with Gasteiger partial charge in [-0.25, -0.2) is 0 Å². The standard InChI is InChI=1S/C15H18BrF3O3/c1-14(2,3)22-8-10(13(20)21-4)9-6-5-7-11(12(9)16)15(17,18)19/h5-7,10H,8H2,1-4H3. The highest BCUT2D eigenvalue weighted by atomic mass is 79.9. The molecule has 0 aliphatic rings. The molecule has 22 heavy (non-hydrogen) atoms. The Morgan fingerprint density at radius 3 is 2.32 bits per heavy atom. The van der Waals surface area contributed by atoms with Gasteiger partial charge < -0.3 is 9.47 Å². The predicted molar refractivity (Wildman–Crippen MR) is 79.6 cm³/mol. The van der Waals surface area contributed by atoms with Crippen LogP contribution in [0.25, 0.3) is 0 Å². The van der Waals surface area contributed by atoms with E-state index in [-0.39, 0.29) is 16.6 Å². The number of methoxy groups -OCH3 is 1. The van der Waals surface area contributed by atoms with Crippen molar-refractivity contribution in [2.75, 3.05) is 13.7 Å². The molecule has 1 rings (SSSR count). The average molecular weight is 383 g/mol. The predicted octanol–water partition coefficient (Wildman–Crippen LogP) is 4.54. The number of benzene rings is 1. The van der Waals surface area contributed by atoms with Crippen LogP contribution < -0.4 is 0 Å². The molecule has 0 aliphatic carbocycles. The fourth-order valence-corrected chi connectivity index (χ4v) is 2.56. The number of hydrogen-bond donors (Lipinski definition) is 0. The van der Waals surface area contributed by atoms with Crippen LogP contribution in [0.1, 0.15) is 37.8 Å². The number of rotatable bonds is 4. The maximum Gasteiger partial charge on any atom is 0.417 e. The first kappa shape index (κ1) is 19.0. The van der Waals surface area contributed by atoms with Gasteiger partial charge >= 0.3 is 12.1 Å². The van der Waals surface area contributed by atoms with Crippen molar-refractivity contribution in [2.24, 2.45) is 0 Å². The second kappa shape index (κ2) is 7.00. The quantitative estimate of drug-likeness (QED) is 0.717. The Hall–Kier alpha value is -1.08. The number of halogens is 4. The molecule has 0 saturated heterocycles. The number of alkyl halides is 3. The molecule has 1 unspecified atom stereocenters. The summed E-state index contributed by atoms with van der Waals surface area (Å²) in [6.07, 6.45) is -4.51. The normalized spacial score (nSPS) is 13.8. The molecule has 3 nitrogen and oxygen atoms in total. The summed E-state index contributed by atoms with van der Waals surface area (Å²) in [6, 6.07) is 3.66. The Labute approximate surface area is 135 Å². The summed E-state index contributed by atoms with van der Waals surface area (Å²) in [5.74, 6) is -1.59. The summed E-state index contributed by atoms with van der Waals surface area (Å²) in [6.45, 7) is 5.31. The molecule has 1 aromatic rings. The molecular formula is C15H18BrF3O3. The molecule has 124 valence electrons. The van der Waals surface area contributed by atoms with Gasteiger partial charge in [-0.05, 0) is 48.3 Å². The minimum absolute atomic E-state index is 0.0733. The molecule has 0 bridgehead atoms. The second-order valence-electron chi connectivity index (χ2n) is 5.71. The molecule has 0 aromatic heterocycles. The molecule has 0 aliphatic heterocycles. The number of esters is 1. The smallest absolute Gasteiger partial charge is 0.417 e. The zero-order chi connectivity index (χ0) is 17.1. The van der Waals surface area contributed by atoms with Crippen LogP contribution in [0.3, 0.4) is 0 Å². The monoisotopic (exact) mass is 382 g/mol. The van der Waals surface area contributed by atoms with Crippen molar-refractivity contribution in [3.8, 4) is 0 Å². The first-order valence-corrected chi connectivity index (χ1v) is 7.34. The van der Waals surface area contributed by atoms with Gasteiger partial charge in [0.15, 0.2) is 0 Å². The minimum Gasteiger partial charge on any atom is -0.468 e. The van der Waals surface area contributed by atoms with Gasteiger partial charge in [-0.1, -0.05) is 12.1 Å². The van der Waals surface area contributed by atoms with E-state index >= 15 is 0 Å². The van der Waals surface area contributed by atoms with Crippen LogP contribution in [-0.2, 0) is 20.4 Å². The highest BCUT2D eigenvalue weighted by Crippen LogP contribution is 2.39. The van der Waals surface area contributed by atoms with Gasteiger partial charge in [0.25, 0.3) is 0 Å². The minimum atomic E-state index is -4.51. The first-order valence-electron chi connectivity index (χ1n) is 6.54. The van der Waals surface area contributed by atoms with E-state index in [1.54, 1.807) is 20.8 Å². The molecule has 0 radical (unpaired) electrons. The zero-order valence-corrected chi connectivity index (χ0v) is 14.3. The third-order valence-corrected chi connectivity index (χ3v) is 3.76. The van der Waals surface area contributed by atoms with Gasteiger partial charge in [0.2, 0.25) is 0 Å². The number of carbonyl (C=O) groups is 1. The molecule has 7 heteroatoms. The van der Waals surface area contributed by atoms with Gasteiger partial charge in [-0.15, -0.1) is 0 Å². The van der Waals surface area contributed by atoms with Gasteiger partial charge in [0.1, 0.15) is 5.92 Å². The van der Waals surface area contributed by atoms with Crippen molar-refractivity contribution in [2.45, 2.75) is 38.5 Å². The highest BCUT2D eigenvalue weighted by Gasteiger charge is 2.36. The van der Waals surface area contributed by atoms with Crippen LogP contribution >= 0.6 is 15.9 Å². The summed E-state index contributed by atoms with van der Waals surface area (Å²) >= 11 is 2.95. The number of carbonyl (C=O) groups excluding carboxylic acids is 1. The molecule has 1 atom stereocenters. The summed E-state index contributed by atoms with van der Waals surface area (Å²) in [4.78, 5) is 11.9. The van der Waals surface area contributed by atoms with Crippen LogP contribution in [0.15, 0.2) is 22.7 Å². The maximum absolute atomic E-state index is 13.0. The van der Waals surface area contributed by atoms with E-state index < -0.39 is 29.2 Å². The molecule has 0 N–H and O–H groups in total. The number of ether oxygens (including phenoxy) is 2. The van der Waals surface area contributed by atoms with E-state index in [1.807, 2.05) is 0 Å². The highest BCUT2D eigenvalue weighted by molar-refractivity contribution is 9.10. The van der Waals surface area contributed by atoms with Crippen molar-refractivity contribution < 1.29 is 27.4 Å². The van der Waals surface area contributed by atoms with E-state index in [1.165, 1.54) is 19.2 Å². The summed E-state index contributed by atoms with van der Waals surface area (Å²) in [5.41, 5.74) is -1.18. The summed E-state index contributed by atoms with van der Waals surface area (Å²) < 4.78 is 49.0. The van der Waals surface area contributed by atoms with Gasteiger partial charge in [0.05, 0.1) is 24.9 Å². The van der Waals surface area contributed by atoms with Crippen LogP contribution in [0.4, 0.5) is 13.2 Å². The molecular weight excluding hydrogens is 365 g/mol. The Balaban J connectivity index is 3.23. The molecule has 0 heterocycles. The Morgan fingerprint density at radius 2 is 1.86 bits per heavy atom. The molecule has 0 spiro atoms. The lowest BCUT2D eigenvalue weighted by Gasteiger charge is -2.24. The number of hydrogen-bond acceptors (Lipinski definition) is 3. The van der Waals surface area contributed by atoms with Crippen molar-refractivity contribution >= 4 is 21.9 Å². The SMILES string of the molecule is COC(=O)C(COC(C)(C)C)c1cccc(C(F)(F)F)c1Br. The van der Waals surface area contributed by atoms with E-state index in [4.69, 9.17) is 9.47 Å². The van der Waals surface area contributed by atoms with Crippen LogP contribution in [0.5, 0.6) is 0 Å². The first-order chi connectivity index (χ1) is 9.97. The zero-order valence-electron chi connectivity index (χ0n) is 12.8. The van der Waals surface area contributed by atoms with Gasteiger partial charge in [0, 0.05) is 4.47 Å². The van der Waals surface area contributed by atoms with Gasteiger partial charge in [-0.3, -0.25) is 4.79 Å². The average Bonchev–Trinajstić information content (AvgIpc) is 2.37. The van der Waals surface area contributed by atoms with E-state index in [0.29, 0.717) is 0 Å². The van der Waals surface area contributed by atoms with E-state index in [2.05, 4.69) is 15.9 Å². The van der Waals surface area contributed by atoms with Crippen molar-refractivity contribution in [1.29, 1.82) is 0 Å². The topological polar surface area (TPSA) is 35.5 Å². The molecule has 0 amide bonds. The van der Waals surface area contributed by atoms with Gasteiger partial charge in [-0.2, -0.15) is 13.2 Å². The van der Waals surface area contributed by atoms with Crippen LogP contribution in [-0.4, -0.2) is 25.3 Å². The fraction of sp³-hybridized carbons (Fsp3) is 0.533. The molecule has 0 fully saturated rings. The lowest BCUT2D eigenvalue weighted by Crippen LogP contribution is -2.27. The largest absolute Gasteiger partial charge is 0.468 e. The van der Waals surface area contributed by atoms with E-state index in [0.717, 1.165) is 6.07 Å². The summed E-state index contributed by atoms with van der Waals surface area (Å²) in [7, 11) is 1.19. The molecule has 0 saturated carbocycles. The Bertz CT molecular complexity index is 536. The van der Waals surface area contributed by atoms with E-state index in [9.17, 15) is 18.0 Å². The summed E-state index contributed by atoms with van der Waals surface area (Å²) in [5, 5.41) is 0. The maximum atomic E-state index is 13.0. The second-order valence-corrected chi connectivity index (χ2v) is 6.50. The Morgan fingerprint density at radius 1 is 1.27 bits per heavy atom. The van der Waals surface area contributed by atoms with Crippen molar-refractivity contribution in [1.82, 2.24) is 0 Å². The van der Waals surface area contributed by atoms with Crippen LogP contribution in [0, 0.1) is 0 Å². The third kappa shape index (κ3) is 4.98. The lowest BCUT2D eigenvalue weighted by molar-refractivity contribution is -0.146. The third-order valence-electron chi connectivity index (χ3n) is 2.88. The molecule has 1 aromatic carbocycles. The van der Waals surface area contributed by atoms with Crippen LogP contribution in [0.2, 0.25) is 0 Å². The fourth-order valence-electron chi connectivity index (χ4n) is 1.80.